The highest BCUT2D eigenvalue weighted by Crippen LogP contribution is 2.12. The average molecular weight is 343 g/mol. The maximum Gasteiger partial charge on any atom is 0.326 e. The van der Waals surface area contributed by atoms with Crippen LogP contribution in [0.1, 0.15) is 19.4 Å². The van der Waals surface area contributed by atoms with Gasteiger partial charge in [-0.05, 0) is 23.6 Å². The molecule has 0 saturated carbocycles. The van der Waals surface area contributed by atoms with E-state index >= 15 is 0 Å². The van der Waals surface area contributed by atoms with Gasteiger partial charge in [-0.2, -0.15) is 0 Å². The van der Waals surface area contributed by atoms with Crippen molar-refractivity contribution in [1.29, 1.82) is 0 Å². The summed E-state index contributed by atoms with van der Waals surface area (Å²) >= 11 is 3.35. The Balaban J connectivity index is 2.62. The molecule has 6 heteroatoms. The summed E-state index contributed by atoms with van der Waals surface area (Å²) in [5.74, 6) is -1.19. The lowest BCUT2D eigenvalue weighted by atomic mass is 10.1. The molecule has 0 radical (unpaired) electrons. The Bertz CT molecular complexity index is 474. The first kappa shape index (κ1) is 16.5. The van der Waals surface area contributed by atoms with Crippen LogP contribution in [0.5, 0.6) is 0 Å². The van der Waals surface area contributed by atoms with Gasteiger partial charge in [0.25, 0.3) is 0 Å². The summed E-state index contributed by atoms with van der Waals surface area (Å²) in [5.41, 5.74) is 0.974. The number of nitrogens with one attached hydrogen (secondary N) is 1. The topological polar surface area (TPSA) is 69.6 Å². The number of carboxylic acids is 1. The summed E-state index contributed by atoms with van der Waals surface area (Å²) in [7, 11) is 1.64. The highest BCUT2D eigenvalue weighted by molar-refractivity contribution is 9.10. The fourth-order valence-corrected chi connectivity index (χ4v) is 1.96. The monoisotopic (exact) mass is 342 g/mol. The van der Waals surface area contributed by atoms with Crippen molar-refractivity contribution in [2.24, 2.45) is 5.92 Å². The molecule has 5 nitrogen and oxygen atoms in total. The molecule has 0 bridgehead atoms. The molecule has 0 heterocycles. The molecule has 0 aliphatic rings. The van der Waals surface area contributed by atoms with Crippen LogP contribution in [-0.4, -0.2) is 35.1 Å². The van der Waals surface area contributed by atoms with Gasteiger partial charge in [0, 0.05) is 18.1 Å². The largest absolute Gasteiger partial charge is 0.480 e. The van der Waals surface area contributed by atoms with Crippen LogP contribution < -0.4 is 5.32 Å². The number of halogens is 1. The number of nitrogens with zero attached hydrogens (tertiary/aromatic N) is 1. The predicted molar refractivity (Wildman–Crippen MR) is 80.4 cm³/mol. The van der Waals surface area contributed by atoms with Crippen LogP contribution in [-0.2, 0) is 11.3 Å². The third kappa shape index (κ3) is 4.85. The second-order valence-electron chi connectivity index (χ2n) is 4.99. The first-order chi connectivity index (χ1) is 9.31. The van der Waals surface area contributed by atoms with E-state index in [-0.39, 0.29) is 5.92 Å². The van der Waals surface area contributed by atoms with Crippen molar-refractivity contribution in [2.75, 3.05) is 7.05 Å². The van der Waals surface area contributed by atoms with E-state index in [2.05, 4.69) is 21.2 Å². The smallest absolute Gasteiger partial charge is 0.326 e. The van der Waals surface area contributed by atoms with Crippen LogP contribution in [0.3, 0.4) is 0 Å². The Morgan fingerprint density at radius 2 is 1.85 bits per heavy atom. The molecule has 0 aromatic heterocycles. The quantitative estimate of drug-likeness (QED) is 0.864. The van der Waals surface area contributed by atoms with Crippen LogP contribution in [0, 0.1) is 5.92 Å². The number of amides is 2. The van der Waals surface area contributed by atoms with Crippen LogP contribution in [0.15, 0.2) is 28.7 Å². The molecule has 110 valence electrons. The minimum atomic E-state index is -1.02. The second-order valence-corrected chi connectivity index (χ2v) is 5.91. The molecule has 1 aromatic rings. The van der Waals surface area contributed by atoms with Gasteiger partial charge in [0.1, 0.15) is 6.04 Å². The Kier molecular flexibility index (Phi) is 6.01. The van der Waals surface area contributed by atoms with Gasteiger partial charge in [-0.3, -0.25) is 0 Å². The second kappa shape index (κ2) is 7.28. The molecule has 1 rings (SSSR count). The molecule has 2 amide bonds. The van der Waals surface area contributed by atoms with Crippen molar-refractivity contribution in [1.82, 2.24) is 10.2 Å². The number of aliphatic carboxylic acids is 1. The molecule has 0 aliphatic carbocycles. The zero-order chi connectivity index (χ0) is 15.3. The standard InChI is InChI=1S/C14H19BrN2O3/c1-9(2)12(13(18)19)16-14(20)17(3)8-10-4-6-11(15)7-5-10/h4-7,9,12H,8H2,1-3H3,(H,16,20)(H,18,19)/t12-/m1/s1. The summed E-state index contributed by atoms with van der Waals surface area (Å²) in [4.78, 5) is 24.5. The molecular weight excluding hydrogens is 324 g/mol. The molecule has 0 unspecified atom stereocenters. The maximum atomic E-state index is 12.0. The number of carbonyl (C=O) groups excluding carboxylic acids is 1. The van der Waals surface area contributed by atoms with Gasteiger partial charge >= 0.3 is 12.0 Å². The van der Waals surface area contributed by atoms with Crippen LogP contribution in [0.25, 0.3) is 0 Å². The van der Waals surface area contributed by atoms with Gasteiger partial charge in [0.05, 0.1) is 0 Å². The lowest BCUT2D eigenvalue weighted by Gasteiger charge is -2.23. The maximum absolute atomic E-state index is 12.0. The van der Waals surface area contributed by atoms with E-state index in [9.17, 15) is 9.59 Å². The number of carboxylic acid groups (broad SMARTS) is 1. The van der Waals surface area contributed by atoms with Gasteiger partial charge in [-0.25, -0.2) is 9.59 Å². The van der Waals surface area contributed by atoms with Gasteiger partial charge in [-0.1, -0.05) is 41.9 Å². The third-order valence-electron chi connectivity index (χ3n) is 2.89. The van der Waals surface area contributed by atoms with E-state index in [1.165, 1.54) is 4.90 Å². The fourth-order valence-electron chi connectivity index (χ4n) is 1.69. The van der Waals surface area contributed by atoms with E-state index in [1.54, 1.807) is 20.9 Å². The molecule has 1 aromatic carbocycles. The Morgan fingerprint density at radius 1 is 1.30 bits per heavy atom. The van der Waals surface area contributed by atoms with Crippen LogP contribution in [0.4, 0.5) is 4.79 Å². The summed E-state index contributed by atoms with van der Waals surface area (Å²) in [6, 6.07) is 6.34. The van der Waals surface area contributed by atoms with Crippen molar-refractivity contribution in [3.05, 3.63) is 34.3 Å². The van der Waals surface area contributed by atoms with E-state index in [1.807, 2.05) is 24.3 Å². The normalized spacial score (nSPS) is 12.1. The lowest BCUT2D eigenvalue weighted by molar-refractivity contribution is -0.140. The third-order valence-corrected chi connectivity index (χ3v) is 3.42. The first-order valence-electron chi connectivity index (χ1n) is 6.30. The van der Waals surface area contributed by atoms with Crippen molar-refractivity contribution >= 4 is 27.9 Å². The first-order valence-corrected chi connectivity index (χ1v) is 7.09. The lowest BCUT2D eigenvalue weighted by Crippen LogP contribution is -2.48. The highest BCUT2D eigenvalue weighted by atomic mass is 79.9. The average Bonchev–Trinajstić information content (AvgIpc) is 2.37. The zero-order valence-electron chi connectivity index (χ0n) is 11.8. The van der Waals surface area contributed by atoms with Crippen molar-refractivity contribution in [3.63, 3.8) is 0 Å². The number of carbonyl (C=O) groups is 2. The summed E-state index contributed by atoms with van der Waals surface area (Å²) in [5, 5.41) is 11.6. The minimum Gasteiger partial charge on any atom is -0.480 e. The van der Waals surface area contributed by atoms with Crippen molar-refractivity contribution < 1.29 is 14.7 Å². The van der Waals surface area contributed by atoms with E-state index in [0.29, 0.717) is 6.54 Å². The number of benzene rings is 1. The predicted octanol–water partition coefficient (Wildman–Crippen LogP) is 2.70. The summed E-state index contributed by atoms with van der Waals surface area (Å²) in [6.07, 6.45) is 0. The molecule has 0 aliphatic heterocycles. The van der Waals surface area contributed by atoms with E-state index < -0.39 is 18.0 Å². The van der Waals surface area contributed by atoms with Crippen LogP contribution in [0.2, 0.25) is 0 Å². The number of hydrogen-bond acceptors (Lipinski definition) is 2. The molecular formula is C14H19BrN2O3. The SMILES string of the molecule is CC(C)[C@@H](NC(=O)N(C)Cc1ccc(Br)cc1)C(=O)O. The summed E-state index contributed by atoms with van der Waals surface area (Å²) in [6.45, 7) is 3.94. The Labute approximate surface area is 127 Å². The number of urea groups is 1. The molecule has 2 N–H and O–H groups in total. The van der Waals surface area contributed by atoms with Gasteiger partial charge < -0.3 is 15.3 Å². The minimum absolute atomic E-state index is 0.169. The van der Waals surface area contributed by atoms with E-state index in [4.69, 9.17) is 5.11 Å². The van der Waals surface area contributed by atoms with Gasteiger partial charge in [-0.15, -0.1) is 0 Å². The van der Waals surface area contributed by atoms with Crippen molar-refractivity contribution in [2.45, 2.75) is 26.4 Å². The molecule has 0 spiro atoms. The Morgan fingerprint density at radius 3 is 2.30 bits per heavy atom. The molecule has 0 fully saturated rings. The van der Waals surface area contributed by atoms with Gasteiger partial charge in [0.15, 0.2) is 0 Å². The number of hydrogen-bond donors (Lipinski definition) is 2. The molecule has 1 atom stereocenters. The number of rotatable bonds is 5. The van der Waals surface area contributed by atoms with Crippen LogP contribution >= 0.6 is 15.9 Å². The van der Waals surface area contributed by atoms with Crippen molar-refractivity contribution in [3.8, 4) is 0 Å². The molecule has 0 saturated heterocycles. The summed E-state index contributed by atoms with van der Waals surface area (Å²) < 4.78 is 0.971. The molecule has 20 heavy (non-hydrogen) atoms. The fraction of sp³-hybridized carbons (Fsp3) is 0.429. The van der Waals surface area contributed by atoms with E-state index in [0.717, 1.165) is 10.0 Å². The highest BCUT2D eigenvalue weighted by Gasteiger charge is 2.24. The zero-order valence-corrected chi connectivity index (χ0v) is 13.3. The Hall–Kier alpha value is -1.56. The van der Waals surface area contributed by atoms with Gasteiger partial charge in [0.2, 0.25) is 0 Å².